The van der Waals surface area contributed by atoms with Gasteiger partial charge in [-0.1, -0.05) is 45.9 Å². The highest BCUT2D eigenvalue weighted by molar-refractivity contribution is 6.28. The van der Waals surface area contributed by atoms with Crippen LogP contribution in [0.5, 0.6) is 17.2 Å². The molecule has 2 aliphatic heterocycles. The summed E-state index contributed by atoms with van der Waals surface area (Å²) in [5.74, 6) is -6.96. The first-order chi connectivity index (χ1) is 26.8. The molecule has 0 saturated heterocycles. The zero-order valence-corrected chi connectivity index (χ0v) is 33.8. The van der Waals surface area contributed by atoms with Crippen molar-refractivity contribution in [3.63, 3.8) is 0 Å². The number of allylic oxidation sites excluding steroid dienone is 2. The SMILES string of the molecule is CO[C@@H]1/C=C\O[C@@]2(C)Oc3c(C)c(O)c4c(O)c(c5c(nc6cc(C)ccn65)c4c3C2=O)NC(=O)/C(C)=C\C=C/[C@H](C)[C@H](O)[C@H](C)[C@H](O)[C@H](C)[C@H](OC(C)=O)[C@H]1C. The monoisotopic (exact) mass is 785 g/mol. The van der Waals surface area contributed by atoms with Crippen molar-refractivity contribution in [2.45, 2.75) is 92.5 Å². The van der Waals surface area contributed by atoms with E-state index in [1.54, 1.807) is 63.4 Å². The molecule has 0 spiro atoms. The molecule has 4 heterocycles. The molecule has 0 unspecified atom stereocenters. The number of phenols is 2. The number of nitrogens with one attached hydrogen (secondary N) is 1. The number of aromatic hydroxyl groups is 2. The second kappa shape index (κ2) is 15.5. The lowest BCUT2D eigenvalue weighted by molar-refractivity contribution is -0.160. The third kappa shape index (κ3) is 7.10. The number of phenolic OH excluding ortho intramolecular Hbond substituents is 2. The number of rotatable bonds is 2. The van der Waals surface area contributed by atoms with Gasteiger partial charge in [0.25, 0.3) is 11.7 Å². The Morgan fingerprint density at radius 2 is 1.68 bits per heavy atom. The number of ether oxygens (including phenoxy) is 4. The van der Waals surface area contributed by atoms with E-state index in [9.17, 15) is 34.8 Å². The predicted molar refractivity (Wildman–Crippen MR) is 213 cm³/mol. The number of methoxy groups -OCH3 is 1. The Bertz CT molecular complexity index is 2380. The van der Waals surface area contributed by atoms with E-state index in [1.807, 2.05) is 19.1 Å². The number of pyridine rings is 1. The van der Waals surface area contributed by atoms with Gasteiger partial charge in [-0.15, -0.1) is 0 Å². The van der Waals surface area contributed by atoms with Crippen molar-refractivity contribution >= 4 is 50.8 Å². The molecule has 9 atom stereocenters. The van der Waals surface area contributed by atoms with Gasteiger partial charge in [0.05, 0.1) is 35.5 Å². The lowest BCUT2D eigenvalue weighted by atomic mass is 9.78. The van der Waals surface area contributed by atoms with Crippen LogP contribution >= 0.6 is 0 Å². The van der Waals surface area contributed by atoms with Crippen molar-refractivity contribution in [1.29, 1.82) is 0 Å². The number of anilines is 1. The van der Waals surface area contributed by atoms with Gasteiger partial charge in [0, 0.05) is 67.3 Å². The molecule has 2 aromatic heterocycles. The number of hydrogen-bond acceptors (Lipinski definition) is 12. The lowest BCUT2D eigenvalue weighted by Gasteiger charge is -2.38. The van der Waals surface area contributed by atoms with Gasteiger partial charge >= 0.3 is 11.8 Å². The highest BCUT2D eigenvalue weighted by atomic mass is 16.7. The number of ketones is 1. The maximum Gasteiger partial charge on any atom is 0.312 e. The molecule has 0 fully saturated rings. The quantitative estimate of drug-likeness (QED) is 0.115. The number of hydrogen-bond donors (Lipinski definition) is 5. The Kier molecular flexibility index (Phi) is 11.2. The van der Waals surface area contributed by atoms with Crippen LogP contribution in [0.3, 0.4) is 0 Å². The Morgan fingerprint density at radius 3 is 2.35 bits per heavy atom. The van der Waals surface area contributed by atoms with Crippen molar-refractivity contribution in [3.05, 3.63) is 71.2 Å². The average molecular weight is 786 g/mol. The van der Waals surface area contributed by atoms with Gasteiger partial charge in [0.15, 0.2) is 5.75 Å². The second-order valence-electron chi connectivity index (χ2n) is 15.6. The number of aliphatic hydroxyl groups is 2. The topological polar surface area (TPSA) is 198 Å². The van der Waals surface area contributed by atoms with Crippen molar-refractivity contribution in [1.82, 2.24) is 9.38 Å². The fourth-order valence-corrected chi connectivity index (χ4v) is 8.03. The van der Waals surface area contributed by atoms with E-state index < -0.39 is 77.3 Å². The van der Waals surface area contributed by atoms with Gasteiger partial charge in [-0.05, 0) is 44.5 Å². The van der Waals surface area contributed by atoms with E-state index in [1.165, 1.54) is 40.2 Å². The highest BCUT2D eigenvalue weighted by Gasteiger charge is 2.50. The summed E-state index contributed by atoms with van der Waals surface area (Å²) in [6.45, 7) is 14.7. The zero-order valence-electron chi connectivity index (χ0n) is 33.8. The van der Waals surface area contributed by atoms with Crippen LogP contribution in [-0.4, -0.2) is 84.8 Å². The van der Waals surface area contributed by atoms with Crippen LogP contribution in [0.4, 0.5) is 5.69 Å². The number of imidazole rings is 1. The fourth-order valence-electron chi connectivity index (χ4n) is 8.03. The molecular weight excluding hydrogens is 734 g/mol. The molecule has 57 heavy (non-hydrogen) atoms. The molecule has 14 heteroatoms. The summed E-state index contributed by atoms with van der Waals surface area (Å²) in [7, 11) is 1.46. The van der Waals surface area contributed by atoms with Crippen LogP contribution in [-0.2, 0) is 23.8 Å². The smallest absolute Gasteiger partial charge is 0.312 e. The van der Waals surface area contributed by atoms with Gasteiger partial charge in [-0.2, -0.15) is 0 Å². The summed E-state index contributed by atoms with van der Waals surface area (Å²) in [4.78, 5) is 45.6. The third-order valence-electron chi connectivity index (χ3n) is 11.5. The molecule has 2 aliphatic rings. The Balaban J connectivity index is 1.58. The molecular formula is C43H51N3O11. The van der Waals surface area contributed by atoms with E-state index in [2.05, 4.69) is 5.32 Å². The molecule has 0 aliphatic carbocycles. The summed E-state index contributed by atoms with van der Waals surface area (Å²) >= 11 is 0. The van der Waals surface area contributed by atoms with Gasteiger partial charge in [0.2, 0.25) is 0 Å². The minimum Gasteiger partial charge on any atom is -0.507 e. The predicted octanol–water partition coefficient (Wildman–Crippen LogP) is 6.16. The molecule has 4 aromatic rings. The number of esters is 1. The lowest BCUT2D eigenvalue weighted by Crippen LogP contribution is -2.46. The molecule has 4 bridgehead atoms. The van der Waals surface area contributed by atoms with Crippen LogP contribution in [0, 0.1) is 37.5 Å². The van der Waals surface area contributed by atoms with Crippen molar-refractivity contribution < 1.29 is 53.8 Å². The van der Waals surface area contributed by atoms with Crippen molar-refractivity contribution in [3.8, 4) is 17.2 Å². The largest absolute Gasteiger partial charge is 0.507 e. The summed E-state index contributed by atoms with van der Waals surface area (Å²) < 4.78 is 25.5. The van der Waals surface area contributed by atoms with Crippen LogP contribution in [0.1, 0.15) is 70.0 Å². The number of carbonyl (C=O) groups is 3. The number of nitrogens with zero attached hydrogens (tertiary/aromatic N) is 2. The Labute approximate surface area is 330 Å². The molecule has 2 aromatic carbocycles. The van der Waals surface area contributed by atoms with Gasteiger partial charge in [-0.25, -0.2) is 4.98 Å². The number of fused-ring (bicyclic) bond motifs is 2. The first-order valence-corrected chi connectivity index (χ1v) is 19.0. The molecule has 6 rings (SSSR count). The summed E-state index contributed by atoms with van der Waals surface area (Å²) in [5, 5.41) is 49.4. The summed E-state index contributed by atoms with van der Waals surface area (Å²) in [5.41, 5.74) is 2.18. The number of amides is 1. The van der Waals surface area contributed by atoms with E-state index >= 15 is 0 Å². The standard InChI is InChI=1S/C43H51N3O11/c1-19-14-16-46-28(18-19)44-32-29-30-37(50)25(7)40-31(29)41(52)43(9,57-40)55-17-15-27(54-10)22(4)39(56-26(8)47)24(6)36(49)23(5)35(48)20(2)12-11-13-21(3)42(53)45-33(34(32)46)38(30)51/h11-18,20,22-24,27,35-36,39,48-51H,1-10H3,(H,45,53)/b12-11-,17-15-,21-13-/t20-,22-,23-,24-,27+,35-,36-,39+,43-/m0/s1. The van der Waals surface area contributed by atoms with Crippen LogP contribution in [0.25, 0.3) is 27.5 Å². The number of Topliss-reactive ketones (excluding diaryl/α,β-unsaturated/α-hetero) is 1. The molecule has 1 amide bonds. The molecule has 304 valence electrons. The summed E-state index contributed by atoms with van der Waals surface area (Å²) in [6.07, 6.45) is 5.62. The maximum absolute atomic E-state index is 14.6. The van der Waals surface area contributed by atoms with Crippen LogP contribution in [0.2, 0.25) is 0 Å². The third-order valence-corrected chi connectivity index (χ3v) is 11.5. The van der Waals surface area contributed by atoms with Crippen molar-refractivity contribution in [2.24, 2.45) is 23.7 Å². The first kappa shape index (κ1) is 41.2. The van der Waals surface area contributed by atoms with Gasteiger partial charge in [0.1, 0.15) is 40.0 Å². The molecule has 0 saturated carbocycles. The number of aromatic nitrogens is 2. The summed E-state index contributed by atoms with van der Waals surface area (Å²) in [6, 6.07) is 3.64. The van der Waals surface area contributed by atoms with E-state index in [0.717, 1.165) is 5.56 Å². The van der Waals surface area contributed by atoms with Crippen molar-refractivity contribution in [2.75, 3.05) is 12.4 Å². The van der Waals surface area contributed by atoms with Crippen LogP contribution < -0.4 is 10.1 Å². The van der Waals surface area contributed by atoms with E-state index in [4.69, 9.17) is 23.9 Å². The minimum atomic E-state index is -1.96. The molecule has 14 nitrogen and oxygen atoms in total. The molecule has 0 radical (unpaired) electrons. The maximum atomic E-state index is 14.6. The Morgan fingerprint density at radius 1 is 0.982 bits per heavy atom. The second-order valence-corrected chi connectivity index (χ2v) is 15.6. The normalized spacial score (nSPS) is 30.8. The van der Waals surface area contributed by atoms with Gasteiger partial charge in [-0.3, -0.25) is 18.8 Å². The first-order valence-electron chi connectivity index (χ1n) is 19.0. The van der Waals surface area contributed by atoms with E-state index in [0.29, 0.717) is 5.65 Å². The minimum absolute atomic E-state index is 0.0185. The average Bonchev–Trinajstić information content (AvgIpc) is 3.67. The van der Waals surface area contributed by atoms with Gasteiger partial charge < -0.3 is 44.7 Å². The fraction of sp³-hybridized carbons (Fsp3) is 0.442. The number of benzene rings is 2. The number of aryl methyl sites for hydroxylation is 1. The zero-order chi connectivity index (χ0) is 41.8. The van der Waals surface area contributed by atoms with Crippen LogP contribution in [0.15, 0.2) is 54.5 Å². The molecule has 5 N–H and O–H groups in total. The van der Waals surface area contributed by atoms with E-state index in [-0.39, 0.29) is 55.7 Å². The Hall–Kier alpha value is -5.44. The number of carbonyl (C=O) groups excluding carboxylic acids is 3. The highest BCUT2D eigenvalue weighted by Crippen LogP contribution is 2.54. The number of aliphatic hydroxyl groups excluding tert-OH is 2.